The van der Waals surface area contributed by atoms with E-state index in [0.29, 0.717) is 17.8 Å². The van der Waals surface area contributed by atoms with Crippen LogP contribution in [0.5, 0.6) is 0 Å². The van der Waals surface area contributed by atoms with E-state index in [0.717, 1.165) is 59.7 Å². The topological polar surface area (TPSA) is 35.4 Å². The second kappa shape index (κ2) is 15.9. The first kappa shape index (κ1) is 41.4. The predicted molar refractivity (Wildman–Crippen MR) is 306 cm³/mol. The highest BCUT2D eigenvalue weighted by Gasteiger charge is 2.43. The van der Waals surface area contributed by atoms with E-state index in [1.54, 1.807) is 0 Å². The van der Waals surface area contributed by atoms with Gasteiger partial charge in [0.25, 0.3) is 0 Å². The zero-order valence-electron chi connectivity index (χ0n) is 40.9. The maximum atomic E-state index is 7.28. The van der Waals surface area contributed by atoms with E-state index in [-0.39, 0.29) is 17.9 Å². The summed E-state index contributed by atoms with van der Waals surface area (Å²) in [6, 6.07) is 65.6. The fourth-order valence-corrected chi connectivity index (χ4v) is 14.4. The van der Waals surface area contributed by atoms with Gasteiger partial charge in [-0.15, -0.1) is 0 Å². The van der Waals surface area contributed by atoms with Gasteiger partial charge in [0.1, 0.15) is 11.2 Å². The Morgan fingerprint density at radius 2 is 1.23 bits per heavy atom. The Morgan fingerprint density at radius 3 is 2.08 bits per heavy atom. The van der Waals surface area contributed by atoms with Gasteiger partial charge in [-0.05, 0) is 136 Å². The van der Waals surface area contributed by atoms with Crippen molar-refractivity contribution in [1.29, 1.82) is 0 Å². The molecule has 2 aliphatic carbocycles. The van der Waals surface area contributed by atoms with Crippen LogP contribution in [0.25, 0.3) is 104 Å². The third-order valence-electron chi connectivity index (χ3n) is 17.7. The Balaban J connectivity index is 0.983. The maximum Gasteiger partial charge on any atom is 0.143 e. The minimum Gasteiger partial charge on any atom is -0.455 e. The van der Waals surface area contributed by atoms with Gasteiger partial charge in [0.15, 0.2) is 0 Å². The van der Waals surface area contributed by atoms with Crippen LogP contribution < -0.4 is 0 Å². The van der Waals surface area contributed by atoms with Gasteiger partial charge in [-0.3, -0.25) is 4.99 Å². The first-order valence-corrected chi connectivity index (χ1v) is 26.7. The van der Waals surface area contributed by atoms with Crippen molar-refractivity contribution >= 4 is 104 Å². The molecular weight excluding hydrogens is 887 g/mol. The number of hydrogen-bond acceptors (Lipinski definition) is 2. The molecule has 4 heteroatoms. The molecule has 73 heavy (non-hydrogen) atoms. The second-order valence-electron chi connectivity index (χ2n) is 21.7. The first-order valence-electron chi connectivity index (χ1n) is 26.7. The summed E-state index contributed by atoms with van der Waals surface area (Å²) in [5.74, 6) is 1.54. The van der Waals surface area contributed by atoms with Gasteiger partial charge in [-0.2, -0.15) is 0 Å². The van der Waals surface area contributed by atoms with Crippen molar-refractivity contribution in [3.05, 3.63) is 223 Å². The Morgan fingerprint density at radius 1 is 0.534 bits per heavy atom. The van der Waals surface area contributed by atoms with Crippen LogP contribution in [0.3, 0.4) is 0 Å². The third kappa shape index (κ3) is 6.23. The summed E-state index contributed by atoms with van der Waals surface area (Å²) >= 11 is 0. The van der Waals surface area contributed by atoms with E-state index in [2.05, 4.69) is 222 Å². The molecule has 2 bridgehead atoms. The highest BCUT2D eigenvalue weighted by atomic mass is 16.3. The summed E-state index contributed by atoms with van der Waals surface area (Å²) in [5, 5.41) is 13.5. The molecule has 16 rings (SSSR count). The molecule has 0 radical (unpaired) electrons. The van der Waals surface area contributed by atoms with Gasteiger partial charge in [-0.25, -0.2) is 0 Å². The first-order chi connectivity index (χ1) is 36.1. The molecule has 0 amide bonds. The summed E-state index contributed by atoms with van der Waals surface area (Å²) < 4.78 is 12.4. The van der Waals surface area contributed by atoms with Gasteiger partial charge < -0.3 is 13.6 Å². The van der Waals surface area contributed by atoms with Crippen molar-refractivity contribution in [1.82, 2.24) is 9.13 Å². The van der Waals surface area contributed by atoms with Crippen LogP contribution in [-0.4, -0.2) is 14.8 Å². The number of furan rings is 1. The SMILES string of the molecule is CC1CCC2C3CC=Cc4c3n(c3ccccc43)C3=CC(CC=C3)C[C@@H]2/C(c2ccc3ccccc3c2)=N\C1c1cc(-n2c3ccccc3c3cc4ccccc4cc32)cc2oc3c4ccccc4ccc3c12. The molecule has 12 aromatic rings. The van der Waals surface area contributed by atoms with E-state index in [9.17, 15) is 0 Å². The average Bonchev–Trinajstić information content (AvgIpc) is 4.11. The van der Waals surface area contributed by atoms with E-state index >= 15 is 0 Å². The van der Waals surface area contributed by atoms with Crippen molar-refractivity contribution < 1.29 is 4.42 Å². The minimum atomic E-state index is -0.149. The predicted octanol–water partition coefficient (Wildman–Crippen LogP) is 18.3. The summed E-state index contributed by atoms with van der Waals surface area (Å²) in [6.45, 7) is 2.49. The van der Waals surface area contributed by atoms with E-state index in [1.165, 1.54) is 98.8 Å². The lowest BCUT2D eigenvalue weighted by Crippen LogP contribution is -2.34. The molecule has 2 aliphatic heterocycles. The Labute approximate surface area is 423 Å². The number of fused-ring (bicyclic) bond motifs is 17. The molecule has 3 aromatic heterocycles. The molecule has 0 fully saturated rings. The van der Waals surface area contributed by atoms with Crippen LogP contribution >= 0.6 is 0 Å². The van der Waals surface area contributed by atoms with Crippen LogP contribution in [0.1, 0.15) is 73.4 Å². The van der Waals surface area contributed by atoms with E-state index < -0.39 is 0 Å². The third-order valence-corrected chi connectivity index (χ3v) is 17.7. The fourth-order valence-electron chi connectivity index (χ4n) is 14.4. The van der Waals surface area contributed by atoms with E-state index in [4.69, 9.17) is 9.41 Å². The normalized spacial score (nSPS) is 22.5. The van der Waals surface area contributed by atoms with Crippen LogP contribution in [0.15, 0.2) is 210 Å². The quantitative estimate of drug-likeness (QED) is 0.174. The lowest BCUT2D eigenvalue weighted by molar-refractivity contribution is 0.249. The van der Waals surface area contributed by atoms with Crippen LogP contribution in [0.2, 0.25) is 0 Å². The van der Waals surface area contributed by atoms with Crippen LogP contribution in [0.4, 0.5) is 0 Å². The van der Waals surface area contributed by atoms with Crippen molar-refractivity contribution in [2.24, 2.45) is 28.7 Å². The molecule has 4 aliphatic rings. The average molecular weight is 940 g/mol. The molecule has 0 saturated carbocycles. The van der Waals surface area contributed by atoms with Gasteiger partial charge in [-0.1, -0.05) is 159 Å². The van der Waals surface area contributed by atoms with Crippen molar-refractivity contribution in [2.45, 2.75) is 51.0 Å². The number of rotatable bonds is 3. The van der Waals surface area contributed by atoms with Crippen LogP contribution in [-0.2, 0) is 0 Å². The van der Waals surface area contributed by atoms with Gasteiger partial charge >= 0.3 is 0 Å². The number of aliphatic imine (C=N–C) groups is 1. The van der Waals surface area contributed by atoms with Gasteiger partial charge in [0.05, 0.1) is 28.3 Å². The van der Waals surface area contributed by atoms with E-state index in [1.807, 2.05) is 0 Å². The smallest absolute Gasteiger partial charge is 0.143 e. The zero-order valence-corrected chi connectivity index (χ0v) is 40.9. The Bertz CT molecular complexity index is 4430. The molecule has 5 unspecified atom stereocenters. The van der Waals surface area contributed by atoms with Crippen molar-refractivity contribution in [3.8, 4) is 5.69 Å². The Hall–Kier alpha value is -8.21. The molecule has 9 aromatic carbocycles. The molecular formula is C69H53N3O. The largest absolute Gasteiger partial charge is 0.455 e. The summed E-state index contributed by atoms with van der Waals surface area (Å²) in [6.07, 6.45) is 17.7. The molecule has 350 valence electrons. The summed E-state index contributed by atoms with van der Waals surface area (Å²) in [4.78, 5) is 6.45. The molecule has 6 atom stereocenters. The lowest BCUT2D eigenvalue weighted by Gasteiger charge is -2.40. The highest BCUT2D eigenvalue weighted by molar-refractivity contribution is 6.18. The minimum absolute atomic E-state index is 0.149. The number of aromatic nitrogens is 2. The number of benzene rings is 9. The van der Waals surface area contributed by atoms with Crippen LogP contribution in [0, 0.1) is 23.7 Å². The fraction of sp³-hybridized carbons (Fsp3) is 0.174. The Kier molecular flexibility index (Phi) is 9.02. The molecule has 0 N–H and O–H groups in total. The monoisotopic (exact) mass is 939 g/mol. The number of para-hydroxylation sites is 2. The lowest BCUT2D eigenvalue weighted by atomic mass is 9.66. The second-order valence-corrected chi connectivity index (χ2v) is 21.7. The molecule has 0 saturated heterocycles. The standard InChI is InChI=1S/C69H53N3O/c1-41-28-32-52-55-24-13-25-56-53-22-8-11-27-62(53)72(68(55)56)49-20-12-14-42(34-49)35-59(52)67(48-30-29-43-15-2-3-17-45(43)36-48)70-66(41)60-39-50(40-64-65(60)57-33-31-44-16-6-7-21-51(44)69(57)73-64)71-61-26-10-9-23-54(61)58-37-46-18-4-5-19-47(46)38-63(58)71/h2-13,15-23,25-27,29-31,33-34,36-42,52,55,59,66H,14,24,28,32,35H2,1H3/b70-67-/t41?,42?,52?,55?,59-,66?/m0/s1. The molecule has 5 heterocycles. The number of allylic oxidation sites excluding steroid dienone is 5. The van der Waals surface area contributed by atoms with Crippen molar-refractivity contribution in [3.63, 3.8) is 0 Å². The molecule has 4 nitrogen and oxygen atoms in total. The summed E-state index contributed by atoms with van der Waals surface area (Å²) in [5.41, 5.74) is 14.6. The van der Waals surface area contributed by atoms with Gasteiger partial charge in [0, 0.05) is 72.9 Å². The van der Waals surface area contributed by atoms with Crippen molar-refractivity contribution in [2.75, 3.05) is 0 Å². The summed E-state index contributed by atoms with van der Waals surface area (Å²) in [7, 11) is 0. The zero-order chi connectivity index (χ0) is 47.9. The van der Waals surface area contributed by atoms with Gasteiger partial charge in [0.2, 0.25) is 0 Å². The molecule has 0 spiro atoms. The highest BCUT2D eigenvalue weighted by Crippen LogP contribution is 2.53. The maximum absolute atomic E-state index is 7.28. The number of hydrogen-bond donors (Lipinski definition) is 0. The number of nitrogens with zero attached hydrogens (tertiary/aromatic N) is 3.